The van der Waals surface area contributed by atoms with Crippen molar-refractivity contribution in [2.45, 2.75) is 32.5 Å². The number of carbonyl (C=O) groups is 2. The van der Waals surface area contributed by atoms with Crippen molar-refractivity contribution in [3.05, 3.63) is 92.7 Å². The molecule has 0 saturated carbocycles. The molecule has 0 aliphatic carbocycles. The molecule has 0 bridgehead atoms. The van der Waals surface area contributed by atoms with Gasteiger partial charge in [0.1, 0.15) is 5.69 Å². The number of methoxy groups -OCH3 is 1. The van der Waals surface area contributed by atoms with Gasteiger partial charge in [-0.05, 0) is 41.7 Å². The first-order valence-electron chi connectivity index (χ1n) is 10.6. The van der Waals surface area contributed by atoms with E-state index >= 15 is 0 Å². The summed E-state index contributed by atoms with van der Waals surface area (Å²) >= 11 is 0. The van der Waals surface area contributed by atoms with Crippen molar-refractivity contribution in [3.63, 3.8) is 0 Å². The number of benzene rings is 1. The van der Waals surface area contributed by atoms with Gasteiger partial charge in [0.25, 0.3) is 17.4 Å². The van der Waals surface area contributed by atoms with E-state index in [2.05, 4.69) is 20.5 Å². The van der Waals surface area contributed by atoms with Gasteiger partial charge in [-0.25, -0.2) is 5.10 Å². The molecule has 3 heterocycles. The van der Waals surface area contributed by atoms with E-state index in [0.29, 0.717) is 19.5 Å². The molecule has 0 radical (unpaired) electrons. The van der Waals surface area contributed by atoms with Crippen LogP contribution in [0.2, 0.25) is 0 Å². The summed E-state index contributed by atoms with van der Waals surface area (Å²) in [4.78, 5) is 43.0. The third-order valence-electron chi connectivity index (χ3n) is 5.81. The lowest BCUT2D eigenvalue weighted by Crippen LogP contribution is -2.40. The van der Waals surface area contributed by atoms with Gasteiger partial charge >= 0.3 is 0 Å². The number of rotatable bonds is 6. The first-order valence-corrected chi connectivity index (χ1v) is 10.6. The van der Waals surface area contributed by atoms with Gasteiger partial charge in [0, 0.05) is 44.7 Å². The molecule has 170 valence electrons. The second-order valence-corrected chi connectivity index (χ2v) is 7.85. The molecule has 9 heteroatoms. The second-order valence-electron chi connectivity index (χ2n) is 7.85. The van der Waals surface area contributed by atoms with Crippen LogP contribution in [0.4, 0.5) is 0 Å². The number of fused-ring (bicyclic) bond motifs is 1. The van der Waals surface area contributed by atoms with Crippen LogP contribution in [0.25, 0.3) is 0 Å². The maximum atomic E-state index is 13.2. The maximum absolute atomic E-state index is 13.2. The van der Waals surface area contributed by atoms with Gasteiger partial charge < -0.3 is 15.0 Å². The van der Waals surface area contributed by atoms with Crippen LogP contribution < -0.4 is 10.9 Å². The van der Waals surface area contributed by atoms with Crippen molar-refractivity contribution in [1.29, 1.82) is 0 Å². The number of nitrogens with zero attached hydrogens (tertiary/aromatic N) is 3. The lowest BCUT2D eigenvalue weighted by molar-refractivity contribution is -0.143. The Morgan fingerprint density at radius 3 is 2.70 bits per heavy atom. The Balaban J connectivity index is 1.49. The predicted octanol–water partition coefficient (Wildman–Crippen LogP) is 1.68. The fraction of sp³-hybridized carbons (Fsp3) is 0.292. The summed E-state index contributed by atoms with van der Waals surface area (Å²) in [6, 6.07) is 12.1. The first-order chi connectivity index (χ1) is 16.0. The van der Waals surface area contributed by atoms with Gasteiger partial charge in [-0.15, -0.1) is 0 Å². The number of carbonyl (C=O) groups excluding carboxylic acids is 2. The van der Waals surface area contributed by atoms with Gasteiger partial charge in [0.2, 0.25) is 0 Å². The SMILES string of the molecule is COC(C(=O)N1CCc2c(cnc(C)c2CNC(=O)c2ccc(=O)[nH]n2)C1)c1ccccc1. The van der Waals surface area contributed by atoms with Gasteiger partial charge in [-0.2, -0.15) is 5.10 Å². The molecule has 4 rings (SSSR count). The van der Waals surface area contributed by atoms with Crippen LogP contribution >= 0.6 is 0 Å². The van der Waals surface area contributed by atoms with E-state index in [4.69, 9.17) is 4.74 Å². The quantitative estimate of drug-likeness (QED) is 0.594. The highest BCUT2D eigenvalue weighted by atomic mass is 16.5. The Bertz CT molecular complexity index is 1200. The Kier molecular flexibility index (Phi) is 6.60. The number of H-pyrrole nitrogens is 1. The Morgan fingerprint density at radius 1 is 1.21 bits per heavy atom. The molecular formula is C24H25N5O4. The minimum atomic E-state index is -0.658. The first kappa shape index (κ1) is 22.3. The van der Waals surface area contributed by atoms with Crippen LogP contribution in [0, 0.1) is 6.92 Å². The summed E-state index contributed by atoms with van der Waals surface area (Å²) in [5, 5.41) is 8.86. The number of pyridine rings is 1. The molecule has 0 saturated heterocycles. The molecule has 2 N–H and O–H groups in total. The molecule has 1 aliphatic rings. The van der Waals surface area contributed by atoms with Gasteiger partial charge in [-0.3, -0.25) is 19.4 Å². The van der Waals surface area contributed by atoms with Crippen LogP contribution in [-0.4, -0.2) is 45.6 Å². The molecule has 9 nitrogen and oxygen atoms in total. The second kappa shape index (κ2) is 9.74. The molecule has 1 aliphatic heterocycles. The van der Waals surface area contributed by atoms with Crippen LogP contribution in [0.1, 0.15) is 44.5 Å². The fourth-order valence-corrected chi connectivity index (χ4v) is 4.05. The van der Waals surface area contributed by atoms with Crippen molar-refractivity contribution in [3.8, 4) is 0 Å². The highest BCUT2D eigenvalue weighted by Gasteiger charge is 2.30. The molecule has 2 aromatic heterocycles. The van der Waals surface area contributed by atoms with Crippen molar-refractivity contribution < 1.29 is 14.3 Å². The molecule has 3 aromatic rings. The Hall–Kier alpha value is -3.85. The smallest absolute Gasteiger partial charge is 0.271 e. The van der Waals surface area contributed by atoms with Crippen LogP contribution in [-0.2, 0) is 29.0 Å². The van der Waals surface area contributed by atoms with Crippen molar-refractivity contribution >= 4 is 11.8 Å². The topological polar surface area (TPSA) is 117 Å². The number of ether oxygens (including phenoxy) is 1. The minimum Gasteiger partial charge on any atom is -0.367 e. The number of aryl methyl sites for hydroxylation is 1. The maximum Gasteiger partial charge on any atom is 0.271 e. The van der Waals surface area contributed by atoms with E-state index in [9.17, 15) is 14.4 Å². The normalized spacial score (nSPS) is 13.8. The minimum absolute atomic E-state index is 0.0890. The van der Waals surface area contributed by atoms with Crippen LogP contribution in [0.15, 0.2) is 53.5 Å². The Morgan fingerprint density at radius 2 is 2.00 bits per heavy atom. The lowest BCUT2D eigenvalue weighted by atomic mass is 9.94. The number of nitrogens with one attached hydrogen (secondary N) is 2. The van der Waals surface area contributed by atoms with E-state index in [-0.39, 0.29) is 29.6 Å². The van der Waals surface area contributed by atoms with E-state index in [0.717, 1.165) is 27.9 Å². The van der Waals surface area contributed by atoms with Crippen LogP contribution in [0.3, 0.4) is 0 Å². The zero-order valence-electron chi connectivity index (χ0n) is 18.5. The average molecular weight is 447 g/mol. The molecule has 0 fully saturated rings. The standard InChI is InChI=1S/C24H25N5O4/c1-15-19(13-26-23(31)20-8-9-21(30)28-27-20)18-10-11-29(14-17(18)12-25-15)24(32)22(33-2)16-6-4-3-5-7-16/h3-9,12,22H,10-11,13-14H2,1-2H3,(H,26,31)(H,28,30). The zero-order valence-corrected chi connectivity index (χ0v) is 18.5. The van der Waals surface area contributed by atoms with Crippen molar-refractivity contribution in [2.24, 2.45) is 0 Å². The number of hydrogen-bond donors (Lipinski definition) is 2. The number of aromatic amines is 1. The van der Waals surface area contributed by atoms with E-state index in [1.807, 2.05) is 37.3 Å². The third-order valence-corrected chi connectivity index (χ3v) is 5.81. The molecule has 33 heavy (non-hydrogen) atoms. The van der Waals surface area contributed by atoms with E-state index in [1.54, 1.807) is 11.1 Å². The largest absolute Gasteiger partial charge is 0.367 e. The summed E-state index contributed by atoms with van der Waals surface area (Å²) in [7, 11) is 1.54. The van der Waals surface area contributed by atoms with Crippen LogP contribution in [0.5, 0.6) is 0 Å². The summed E-state index contributed by atoms with van der Waals surface area (Å²) in [5.41, 5.74) is 4.38. The van der Waals surface area contributed by atoms with E-state index in [1.165, 1.54) is 19.2 Å². The van der Waals surface area contributed by atoms with Gasteiger partial charge in [0.15, 0.2) is 6.10 Å². The van der Waals surface area contributed by atoms with Crippen molar-refractivity contribution in [2.75, 3.05) is 13.7 Å². The summed E-state index contributed by atoms with van der Waals surface area (Å²) in [6.07, 6.45) is 1.79. The summed E-state index contributed by atoms with van der Waals surface area (Å²) in [6.45, 7) is 3.15. The number of hydrogen-bond acceptors (Lipinski definition) is 6. The van der Waals surface area contributed by atoms with Gasteiger partial charge in [0.05, 0.1) is 0 Å². The summed E-state index contributed by atoms with van der Waals surface area (Å²) in [5.74, 6) is -0.476. The van der Waals surface area contributed by atoms with Gasteiger partial charge in [-0.1, -0.05) is 30.3 Å². The monoisotopic (exact) mass is 447 g/mol. The summed E-state index contributed by atoms with van der Waals surface area (Å²) < 4.78 is 5.51. The zero-order chi connectivity index (χ0) is 23.4. The molecule has 1 aromatic carbocycles. The lowest BCUT2D eigenvalue weighted by Gasteiger charge is -2.32. The molecular weight excluding hydrogens is 422 g/mol. The Labute approximate surface area is 190 Å². The highest BCUT2D eigenvalue weighted by Crippen LogP contribution is 2.27. The predicted molar refractivity (Wildman–Crippen MR) is 120 cm³/mol. The average Bonchev–Trinajstić information content (AvgIpc) is 2.84. The highest BCUT2D eigenvalue weighted by molar-refractivity contribution is 5.92. The molecule has 1 atom stereocenters. The third kappa shape index (κ3) is 4.83. The van der Waals surface area contributed by atoms with E-state index < -0.39 is 6.10 Å². The molecule has 1 unspecified atom stereocenters. The molecule has 0 spiro atoms. The number of amides is 2. The molecule has 2 amide bonds. The van der Waals surface area contributed by atoms with Crippen molar-refractivity contribution in [1.82, 2.24) is 25.4 Å². The fourth-order valence-electron chi connectivity index (χ4n) is 4.05. The number of aromatic nitrogens is 3.